The predicted octanol–water partition coefficient (Wildman–Crippen LogP) is 4.97. The van der Waals surface area contributed by atoms with Crippen molar-refractivity contribution in [3.05, 3.63) is 51.5 Å². The van der Waals surface area contributed by atoms with E-state index in [1.165, 1.54) is 6.07 Å². The van der Waals surface area contributed by atoms with E-state index in [9.17, 15) is 4.79 Å². The molecule has 2 aromatic carbocycles. The summed E-state index contributed by atoms with van der Waals surface area (Å²) in [6.07, 6.45) is 0.937. The summed E-state index contributed by atoms with van der Waals surface area (Å²) < 4.78 is 11.4. The molecule has 0 bridgehead atoms. The van der Waals surface area contributed by atoms with Gasteiger partial charge in [0.05, 0.1) is 22.9 Å². The minimum atomic E-state index is -0.352. The average Bonchev–Trinajstić information content (AvgIpc) is 2.89. The Bertz CT molecular complexity index is 792. The Balaban J connectivity index is 1.92. The van der Waals surface area contributed by atoms with Gasteiger partial charge in [0.15, 0.2) is 0 Å². The second-order valence-corrected chi connectivity index (χ2v) is 6.44. The molecular formula is C18H17Cl2NO3. The third-order valence-corrected chi connectivity index (χ3v) is 4.28. The van der Waals surface area contributed by atoms with Crippen LogP contribution in [-0.2, 0) is 6.42 Å². The monoisotopic (exact) mass is 365 g/mol. The summed E-state index contributed by atoms with van der Waals surface area (Å²) in [4.78, 5) is 12.6. The zero-order chi connectivity index (χ0) is 17.3. The van der Waals surface area contributed by atoms with Gasteiger partial charge in [-0.25, -0.2) is 0 Å². The topological polar surface area (TPSA) is 47.6 Å². The zero-order valence-electron chi connectivity index (χ0n) is 13.4. The van der Waals surface area contributed by atoms with Crippen LogP contribution in [0.25, 0.3) is 0 Å². The number of ether oxygens (including phenoxy) is 2. The van der Waals surface area contributed by atoms with E-state index >= 15 is 0 Å². The smallest absolute Gasteiger partial charge is 0.257 e. The molecule has 1 N–H and O–H groups in total. The van der Waals surface area contributed by atoms with Gasteiger partial charge in [0, 0.05) is 23.1 Å². The SMILES string of the molecule is CCOc1cc2c(cc1NC(=O)c1cc(Cl)ccc1Cl)OC(C)C2. The Kier molecular flexibility index (Phi) is 4.88. The van der Waals surface area contributed by atoms with Crippen molar-refractivity contribution in [3.63, 3.8) is 0 Å². The van der Waals surface area contributed by atoms with Crippen LogP contribution in [0.4, 0.5) is 5.69 Å². The molecule has 0 saturated heterocycles. The van der Waals surface area contributed by atoms with E-state index in [-0.39, 0.29) is 12.0 Å². The molecular weight excluding hydrogens is 349 g/mol. The van der Waals surface area contributed by atoms with Gasteiger partial charge < -0.3 is 14.8 Å². The Morgan fingerprint density at radius 2 is 2.12 bits per heavy atom. The highest BCUT2D eigenvalue weighted by Gasteiger charge is 2.23. The minimum absolute atomic E-state index is 0.114. The molecule has 4 nitrogen and oxygen atoms in total. The predicted molar refractivity (Wildman–Crippen MR) is 95.8 cm³/mol. The fraction of sp³-hybridized carbons (Fsp3) is 0.278. The first kappa shape index (κ1) is 16.9. The zero-order valence-corrected chi connectivity index (χ0v) is 14.9. The van der Waals surface area contributed by atoms with E-state index in [4.69, 9.17) is 32.7 Å². The Labute approximate surface area is 150 Å². The van der Waals surface area contributed by atoms with Crippen LogP contribution < -0.4 is 14.8 Å². The molecule has 2 aromatic rings. The molecule has 0 spiro atoms. The van der Waals surface area contributed by atoms with Crippen LogP contribution in [0, 0.1) is 0 Å². The van der Waals surface area contributed by atoms with Gasteiger partial charge in [-0.1, -0.05) is 23.2 Å². The lowest BCUT2D eigenvalue weighted by Crippen LogP contribution is -2.13. The lowest BCUT2D eigenvalue weighted by Gasteiger charge is -2.14. The highest BCUT2D eigenvalue weighted by Crippen LogP contribution is 2.38. The summed E-state index contributed by atoms with van der Waals surface area (Å²) in [5.41, 5.74) is 1.93. The number of hydrogen-bond donors (Lipinski definition) is 1. The average molecular weight is 366 g/mol. The number of carbonyl (C=O) groups excluding carboxylic acids is 1. The van der Waals surface area contributed by atoms with Crippen molar-refractivity contribution in [1.29, 1.82) is 0 Å². The molecule has 0 radical (unpaired) electrons. The standard InChI is InChI=1S/C18H17Cl2NO3/c1-3-23-17-7-11-6-10(2)24-16(11)9-15(17)21-18(22)13-8-12(19)4-5-14(13)20/h4-5,7-10H,3,6H2,1-2H3,(H,21,22). The molecule has 0 aliphatic carbocycles. The molecule has 0 aromatic heterocycles. The van der Waals surface area contributed by atoms with E-state index in [0.29, 0.717) is 33.7 Å². The van der Waals surface area contributed by atoms with Crippen molar-refractivity contribution in [3.8, 4) is 11.5 Å². The summed E-state index contributed by atoms with van der Waals surface area (Å²) in [5, 5.41) is 3.62. The molecule has 1 heterocycles. The van der Waals surface area contributed by atoms with Gasteiger partial charge in [-0.3, -0.25) is 4.79 Å². The van der Waals surface area contributed by atoms with Gasteiger partial charge in [-0.15, -0.1) is 0 Å². The maximum absolute atomic E-state index is 12.6. The van der Waals surface area contributed by atoms with Crippen molar-refractivity contribution in [2.24, 2.45) is 0 Å². The van der Waals surface area contributed by atoms with Crippen LogP contribution >= 0.6 is 23.2 Å². The number of carbonyl (C=O) groups is 1. The summed E-state index contributed by atoms with van der Waals surface area (Å²) in [6, 6.07) is 8.47. The Hall–Kier alpha value is -1.91. The van der Waals surface area contributed by atoms with Crippen LogP contribution in [0.1, 0.15) is 29.8 Å². The quantitative estimate of drug-likeness (QED) is 0.831. The largest absolute Gasteiger partial charge is 0.492 e. The van der Waals surface area contributed by atoms with Crippen molar-refractivity contribution in [2.45, 2.75) is 26.4 Å². The van der Waals surface area contributed by atoms with Crippen molar-refractivity contribution in [1.82, 2.24) is 0 Å². The van der Waals surface area contributed by atoms with Crippen molar-refractivity contribution < 1.29 is 14.3 Å². The highest BCUT2D eigenvalue weighted by atomic mass is 35.5. The number of rotatable bonds is 4. The van der Waals surface area contributed by atoms with Crippen LogP contribution in [0.2, 0.25) is 10.0 Å². The first-order valence-corrected chi connectivity index (χ1v) is 8.46. The van der Waals surface area contributed by atoms with E-state index in [1.807, 2.05) is 19.9 Å². The van der Waals surface area contributed by atoms with Crippen LogP contribution in [-0.4, -0.2) is 18.6 Å². The Morgan fingerprint density at radius 3 is 2.88 bits per heavy atom. The van der Waals surface area contributed by atoms with Crippen molar-refractivity contribution in [2.75, 3.05) is 11.9 Å². The number of anilines is 1. The van der Waals surface area contributed by atoms with Crippen LogP contribution in [0.5, 0.6) is 11.5 Å². The van der Waals surface area contributed by atoms with E-state index in [0.717, 1.165) is 17.7 Å². The normalized spacial score (nSPS) is 15.6. The number of benzene rings is 2. The summed E-state index contributed by atoms with van der Waals surface area (Å²) in [7, 11) is 0. The molecule has 1 amide bonds. The second kappa shape index (κ2) is 6.91. The molecule has 1 aliphatic heterocycles. The maximum Gasteiger partial charge on any atom is 0.257 e. The number of fused-ring (bicyclic) bond motifs is 1. The second-order valence-electron chi connectivity index (χ2n) is 5.60. The highest BCUT2D eigenvalue weighted by molar-refractivity contribution is 6.36. The third-order valence-electron chi connectivity index (χ3n) is 3.72. The molecule has 0 saturated carbocycles. The first-order valence-electron chi connectivity index (χ1n) is 7.70. The Morgan fingerprint density at radius 1 is 1.33 bits per heavy atom. The van der Waals surface area contributed by atoms with Gasteiger partial charge in [-0.2, -0.15) is 0 Å². The fourth-order valence-electron chi connectivity index (χ4n) is 2.67. The third kappa shape index (κ3) is 3.45. The molecule has 1 unspecified atom stereocenters. The van der Waals surface area contributed by atoms with Crippen LogP contribution in [0.3, 0.4) is 0 Å². The summed E-state index contributed by atoms with van der Waals surface area (Å²) >= 11 is 12.1. The molecule has 0 fully saturated rings. The van der Waals surface area contributed by atoms with E-state index < -0.39 is 0 Å². The molecule has 24 heavy (non-hydrogen) atoms. The summed E-state index contributed by atoms with van der Waals surface area (Å²) in [5.74, 6) is 1.02. The van der Waals surface area contributed by atoms with Gasteiger partial charge in [-0.05, 0) is 38.1 Å². The van der Waals surface area contributed by atoms with E-state index in [1.54, 1.807) is 18.2 Å². The van der Waals surface area contributed by atoms with E-state index in [2.05, 4.69) is 5.32 Å². The summed E-state index contributed by atoms with van der Waals surface area (Å²) in [6.45, 7) is 4.39. The minimum Gasteiger partial charge on any atom is -0.492 e. The van der Waals surface area contributed by atoms with Gasteiger partial charge >= 0.3 is 0 Å². The lowest BCUT2D eigenvalue weighted by molar-refractivity contribution is 0.102. The molecule has 6 heteroatoms. The van der Waals surface area contributed by atoms with Crippen LogP contribution in [0.15, 0.2) is 30.3 Å². The maximum atomic E-state index is 12.6. The fourth-order valence-corrected chi connectivity index (χ4v) is 3.05. The van der Waals surface area contributed by atoms with Gasteiger partial charge in [0.1, 0.15) is 17.6 Å². The first-order chi connectivity index (χ1) is 11.5. The van der Waals surface area contributed by atoms with Gasteiger partial charge in [0.25, 0.3) is 5.91 Å². The van der Waals surface area contributed by atoms with Gasteiger partial charge in [0.2, 0.25) is 0 Å². The number of hydrogen-bond acceptors (Lipinski definition) is 3. The lowest BCUT2D eigenvalue weighted by atomic mass is 10.1. The number of halogens is 2. The molecule has 126 valence electrons. The molecule has 1 atom stereocenters. The molecule has 1 aliphatic rings. The number of nitrogens with one attached hydrogen (secondary N) is 1. The number of amides is 1. The molecule has 3 rings (SSSR count). The van der Waals surface area contributed by atoms with Crippen molar-refractivity contribution >= 4 is 34.8 Å².